The van der Waals surface area contributed by atoms with Gasteiger partial charge >= 0.3 is 0 Å². The van der Waals surface area contributed by atoms with Crippen LogP contribution in [-0.2, 0) is 13.1 Å². The van der Waals surface area contributed by atoms with Crippen LogP contribution in [0.4, 0.5) is 5.69 Å². The zero-order valence-electron chi connectivity index (χ0n) is 15.6. The Labute approximate surface area is 155 Å². The van der Waals surface area contributed by atoms with Crippen molar-refractivity contribution in [2.24, 2.45) is 5.92 Å². The maximum atomic E-state index is 5.50. The lowest BCUT2D eigenvalue weighted by Gasteiger charge is -2.34. The lowest BCUT2D eigenvalue weighted by Crippen LogP contribution is -2.42. The molecule has 0 bridgehead atoms. The van der Waals surface area contributed by atoms with Crippen LogP contribution in [0.5, 0.6) is 11.5 Å². The zero-order chi connectivity index (χ0) is 17.9. The predicted molar refractivity (Wildman–Crippen MR) is 102 cm³/mol. The Morgan fingerprint density at radius 1 is 1.19 bits per heavy atom. The third kappa shape index (κ3) is 3.80. The minimum Gasteiger partial charge on any atom is -0.454 e. The van der Waals surface area contributed by atoms with Crippen molar-refractivity contribution in [3.63, 3.8) is 0 Å². The molecule has 0 amide bonds. The van der Waals surface area contributed by atoms with Gasteiger partial charge in [-0.25, -0.2) is 4.98 Å². The summed E-state index contributed by atoms with van der Waals surface area (Å²) in [6, 6.07) is 6.80. The van der Waals surface area contributed by atoms with Gasteiger partial charge in [0.15, 0.2) is 11.5 Å². The molecule has 2 aliphatic heterocycles. The van der Waals surface area contributed by atoms with Crippen LogP contribution in [-0.4, -0.2) is 35.5 Å². The third-order valence-corrected chi connectivity index (χ3v) is 5.15. The molecular formula is C20H28N4O2. The maximum Gasteiger partial charge on any atom is 0.231 e. The molecule has 1 saturated heterocycles. The van der Waals surface area contributed by atoms with Crippen LogP contribution < -0.4 is 19.7 Å². The van der Waals surface area contributed by atoms with E-state index in [1.165, 1.54) is 11.4 Å². The number of ether oxygens (including phenoxy) is 2. The Morgan fingerprint density at radius 3 is 2.81 bits per heavy atom. The van der Waals surface area contributed by atoms with Gasteiger partial charge in [-0.2, -0.15) is 0 Å². The summed E-state index contributed by atoms with van der Waals surface area (Å²) in [4.78, 5) is 6.75. The van der Waals surface area contributed by atoms with Crippen molar-refractivity contribution in [2.45, 2.75) is 45.8 Å². The molecule has 140 valence electrons. The predicted octanol–water partition coefficient (Wildman–Crippen LogP) is 3.03. The first-order valence-electron chi connectivity index (χ1n) is 9.56. The summed E-state index contributed by atoms with van der Waals surface area (Å²) in [6.45, 7) is 8.84. The monoisotopic (exact) mass is 356 g/mol. The molecule has 6 heteroatoms. The number of benzene rings is 1. The van der Waals surface area contributed by atoms with Crippen molar-refractivity contribution < 1.29 is 9.47 Å². The molecule has 2 aliphatic rings. The van der Waals surface area contributed by atoms with Crippen LogP contribution in [0.3, 0.4) is 0 Å². The van der Waals surface area contributed by atoms with Gasteiger partial charge in [-0.15, -0.1) is 0 Å². The molecule has 26 heavy (non-hydrogen) atoms. The molecular weight excluding hydrogens is 328 g/mol. The second-order valence-electron chi connectivity index (χ2n) is 7.61. The van der Waals surface area contributed by atoms with Gasteiger partial charge in [0, 0.05) is 50.2 Å². The van der Waals surface area contributed by atoms with Gasteiger partial charge in [0.05, 0.1) is 12.0 Å². The standard InChI is InChI=1S/C20H28N4O2/c1-15(2)12-24-13-21-10-18(24)11-22-16-5-7-23(8-6-16)17-3-4-19-20(9-17)26-14-25-19/h3-4,9-10,13,15-16,22H,5-8,11-12,14H2,1-2H3. The van der Waals surface area contributed by atoms with Gasteiger partial charge < -0.3 is 24.3 Å². The number of anilines is 1. The van der Waals surface area contributed by atoms with Crippen LogP contribution in [0, 0.1) is 5.92 Å². The van der Waals surface area contributed by atoms with E-state index in [1.54, 1.807) is 0 Å². The first-order valence-corrected chi connectivity index (χ1v) is 9.56. The fourth-order valence-corrected chi connectivity index (χ4v) is 3.73. The van der Waals surface area contributed by atoms with Crippen molar-refractivity contribution >= 4 is 5.69 Å². The highest BCUT2D eigenvalue weighted by Crippen LogP contribution is 2.36. The maximum absolute atomic E-state index is 5.50. The highest BCUT2D eigenvalue weighted by molar-refractivity contribution is 5.57. The number of piperidine rings is 1. The quantitative estimate of drug-likeness (QED) is 0.862. The molecule has 0 saturated carbocycles. The summed E-state index contributed by atoms with van der Waals surface area (Å²) in [5, 5.41) is 3.72. The molecule has 1 N–H and O–H groups in total. The normalized spacial score (nSPS) is 17.3. The number of hydrogen-bond acceptors (Lipinski definition) is 5. The average Bonchev–Trinajstić information content (AvgIpc) is 3.28. The first-order chi connectivity index (χ1) is 12.7. The van der Waals surface area contributed by atoms with Gasteiger partial charge in [0.1, 0.15) is 0 Å². The molecule has 0 atom stereocenters. The SMILES string of the molecule is CC(C)Cn1cncc1CNC1CCN(c2ccc3c(c2)OCO3)CC1. The minimum absolute atomic E-state index is 0.332. The third-order valence-electron chi connectivity index (χ3n) is 5.15. The molecule has 0 radical (unpaired) electrons. The van der Waals surface area contributed by atoms with Crippen LogP contribution >= 0.6 is 0 Å². The number of fused-ring (bicyclic) bond motifs is 1. The lowest BCUT2D eigenvalue weighted by molar-refractivity contribution is 0.174. The lowest BCUT2D eigenvalue weighted by atomic mass is 10.0. The molecule has 1 aromatic carbocycles. The fraction of sp³-hybridized carbons (Fsp3) is 0.550. The largest absolute Gasteiger partial charge is 0.454 e. The molecule has 6 nitrogen and oxygen atoms in total. The zero-order valence-corrected chi connectivity index (χ0v) is 15.6. The molecule has 0 unspecified atom stereocenters. The van der Waals surface area contributed by atoms with Gasteiger partial charge in [-0.1, -0.05) is 13.8 Å². The van der Waals surface area contributed by atoms with Crippen molar-refractivity contribution in [3.05, 3.63) is 36.4 Å². The topological polar surface area (TPSA) is 51.6 Å². The summed E-state index contributed by atoms with van der Waals surface area (Å²) in [5.41, 5.74) is 2.50. The number of nitrogens with zero attached hydrogens (tertiary/aromatic N) is 3. The Bertz CT molecular complexity index is 735. The highest BCUT2D eigenvalue weighted by atomic mass is 16.7. The van der Waals surface area contributed by atoms with E-state index < -0.39 is 0 Å². The van der Waals surface area contributed by atoms with E-state index in [1.807, 2.05) is 18.6 Å². The number of hydrogen-bond donors (Lipinski definition) is 1. The van der Waals surface area contributed by atoms with Crippen LogP contribution in [0.25, 0.3) is 0 Å². The minimum atomic E-state index is 0.332. The second kappa shape index (κ2) is 7.58. The molecule has 0 spiro atoms. The molecule has 0 aliphatic carbocycles. The Hall–Kier alpha value is -2.21. The van der Waals surface area contributed by atoms with E-state index in [0.29, 0.717) is 18.8 Å². The summed E-state index contributed by atoms with van der Waals surface area (Å²) in [7, 11) is 0. The molecule has 4 rings (SSSR count). The van der Waals surface area contributed by atoms with E-state index in [0.717, 1.165) is 50.5 Å². The number of aromatic nitrogens is 2. The van der Waals surface area contributed by atoms with Gasteiger partial charge in [-0.05, 0) is 30.9 Å². The van der Waals surface area contributed by atoms with E-state index in [4.69, 9.17) is 9.47 Å². The van der Waals surface area contributed by atoms with Crippen molar-refractivity contribution in [3.8, 4) is 11.5 Å². The van der Waals surface area contributed by atoms with Gasteiger partial charge in [0.2, 0.25) is 6.79 Å². The van der Waals surface area contributed by atoms with Crippen molar-refractivity contribution in [1.82, 2.24) is 14.9 Å². The van der Waals surface area contributed by atoms with Crippen molar-refractivity contribution in [1.29, 1.82) is 0 Å². The summed E-state index contributed by atoms with van der Waals surface area (Å²) in [6.07, 6.45) is 6.22. The highest BCUT2D eigenvalue weighted by Gasteiger charge is 2.21. The molecule has 1 aromatic heterocycles. The first kappa shape index (κ1) is 17.2. The van der Waals surface area contributed by atoms with Gasteiger partial charge in [-0.3, -0.25) is 0 Å². The van der Waals surface area contributed by atoms with Gasteiger partial charge in [0.25, 0.3) is 0 Å². The summed E-state index contributed by atoms with van der Waals surface area (Å²) < 4.78 is 13.2. The van der Waals surface area contributed by atoms with E-state index in [2.05, 4.69) is 45.7 Å². The Morgan fingerprint density at radius 2 is 2.00 bits per heavy atom. The van der Waals surface area contributed by atoms with Crippen LogP contribution in [0.2, 0.25) is 0 Å². The van der Waals surface area contributed by atoms with Crippen LogP contribution in [0.15, 0.2) is 30.7 Å². The van der Waals surface area contributed by atoms with Crippen molar-refractivity contribution in [2.75, 3.05) is 24.8 Å². The number of rotatable bonds is 6. The molecule has 3 heterocycles. The Kier molecular flexibility index (Phi) is 5.02. The fourth-order valence-electron chi connectivity index (χ4n) is 3.73. The second-order valence-corrected chi connectivity index (χ2v) is 7.61. The molecule has 1 fully saturated rings. The van der Waals surface area contributed by atoms with E-state index in [9.17, 15) is 0 Å². The van der Waals surface area contributed by atoms with E-state index in [-0.39, 0.29) is 0 Å². The van der Waals surface area contributed by atoms with E-state index >= 15 is 0 Å². The summed E-state index contributed by atoms with van der Waals surface area (Å²) >= 11 is 0. The molecule has 2 aromatic rings. The van der Waals surface area contributed by atoms with Crippen LogP contribution in [0.1, 0.15) is 32.4 Å². The smallest absolute Gasteiger partial charge is 0.231 e. The Balaban J connectivity index is 1.28. The summed E-state index contributed by atoms with van der Waals surface area (Å²) in [5.74, 6) is 2.34. The number of imidazole rings is 1. The average molecular weight is 356 g/mol. The number of nitrogens with one attached hydrogen (secondary N) is 1.